The van der Waals surface area contributed by atoms with Gasteiger partial charge in [-0.15, -0.1) is 24.0 Å². The molecule has 0 aliphatic rings. The van der Waals surface area contributed by atoms with E-state index in [0.29, 0.717) is 36.2 Å². The molecule has 0 saturated heterocycles. The van der Waals surface area contributed by atoms with Gasteiger partial charge in [-0.3, -0.25) is 4.99 Å². The molecule has 0 aliphatic carbocycles. The SMILES string of the molecule is CCNC(=NCCc1nc(C)no1)NC(C)c1ccc(C)c(F)c1.I. The molecule has 0 radical (unpaired) electrons. The predicted molar refractivity (Wildman–Crippen MR) is 107 cm³/mol. The number of rotatable bonds is 6. The molecule has 6 nitrogen and oxygen atoms in total. The Morgan fingerprint density at radius 2 is 2.12 bits per heavy atom. The van der Waals surface area contributed by atoms with Crippen LogP contribution >= 0.6 is 24.0 Å². The second-order valence-electron chi connectivity index (χ2n) is 5.62. The molecule has 1 atom stereocenters. The van der Waals surface area contributed by atoms with E-state index in [2.05, 4.69) is 25.8 Å². The number of hydrogen-bond donors (Lipinski definition) is 2. The van der Waals surface area contributed by atoms with E-state index in [4.69, 9.17) is 4.52 Å². The monoisotopic (exact) mass is 461 g/mol. The number of halogens is 2. The van der Waals surface area contributed by atoms with E-state index in [0.717, 1.165) is 12.1 Å². The number of nitrogens with zero attached hydrogens (tertiary/aromatic N) is 3. The maximum Gasteiger partial charge on any atom is 0.228 e. The number of aromatic nitrogens is 2. The van der Waals surface area contributed by atoms with Crippen molar-refractivity contribution < 1.29 is 8.91 Å². The molecule has 1 unspecified atom stereocenters. The summed E-state index contributed by atoms with van der Waals surface area (Å²) < 4.78 is 18.8. The van der Waals surface area contributed by atoms with Gasteiger partial charge in [0.15, 0.2) is 11.8 Å². The minimum atomic E-state index is -0.199. The molecule has 0 aliphatic heterocycles. The number of aryl methyl sites for hydroxylation is 2. The summed E-state index contributed by atoms with van der Waals surface area (Å²) in [6.07, 6.45) is 0.574. The highest BCUT2D eigenvalue weighted by atomic mass is 127. The van der Waals surface area contributed by atoms with E-state index in [1.807, 2.05) is 19.9 Å². The fourth-order valence-electron chi connectivity index (χ4n) is 2.19. The van der Waals surface area contributed by atoms with Crippen LogP contribution in [0, 0.1) is 19.7 Å². The first-order chi connectivity index (χ1) is 11.5. The minimum Gasteiger partial charge on any atom is -0.357 e. The van der Waals surface area contributed by atoms with Crippen molar-refractivity contribution in [2.24, 2.45) is 4.99 Å². The molecule has 138 valence electrons. The Hall–Kier alpha value is -1.71. The molecule has 1 aromatic heterocycles. The van der Waals surface area contributed by atoms with Gasteiger partial charge in [-0.1, -0.05) is 17.3 Å². The number of nitrogens with one attached hydrogen (secondary N) is 2. The van der Waals surface area contributed by atoms with Crippen LogP contribution in [0.5, 0.6) is 0 Å². The van der Waals surface area contributed by atoms with Gasteiger partial charge >= 0.3 is 0 Å². The van der Waals surface area contributed by atoms with Crippen LogP contribution in [-0.4, -0.2) is 29.2 Å². The van der Waals surface area contributed by atoms with Gasteiger partial charge in [0, 0.05) is 13.0 Å². The highest BCUT2D eigenvalue weighted by molar-refractivity contribution is 14.0. The third-order valence-corrected chi connectivity index (χ3v) is 3.56. The molecular formula is C17H25FIN5O. The van der Waals surface area contributed by atoms with Crippen LogP contribution < -0.4 is 10.6 Å². The summed E-state index contributed by atoms with van der Waals surface area (Å²) in [5.74, 6) is 1.66. The van der Waals surface area contributed by atoms with E-state index in [-0.39, 0.29) is 35.8 Å². The van der Waals surface area contributed by atoms with Gasteiger partial charge < -0.3 is 15.2 Å². The smallest absolute Gasteiger partial charge is 0.228 e. The van der Waals surface area contributed by atoms with Gasteiger partial charge in [-0.25, -0.2) is 4.39 Å². The van der Waals surface area contributed by atoms with Gasteiger partial charge in [0.05, 0.1) is 12.6 Å². The lowest BCUT2D eigenvalue weighted by Crippen LogP contribution is -2.39. The van der Waals surface area contributed by atoms with Crippen molar-refractivity contribution >= 4 is 29.9 Å². The Morgan fingerprint density at radius 1 is 1.36 bits per heavy atom. The average Bonchev–Trinajstić information content (AvgIpc) is 2.95. The molecular weight excluding hydrogens is 436 g/mol. The summed E-state index contributed by atoms with van der Waals surface area (Å²) in [4.78, 5) is 8.65. The molecule has 1 heterocycles. The summed E-state index contributed by atoms with van der Waals surface area (Å²) in [6, 6.07) is 5.19. The summed E-state index contributed by atoms with van der Waals surface area (Å²) >= 11 is 0. The van der Waals surface area contributed by atoms with Crippen LogP contribution in [-0.2, 0) is 6.42 Å². The summed E-state index contributed by atoms with van der Waals surface area (Å²) in [5, 5.41) is 10.2. The zero-order valence-corrected chi connectivity index (χ0v) is 17.3. The van der Waals surface area contributed by atoms with E-state index >= 15 is 0 Å². The zero-order chi connectivity index (χ0) is 17.5. The number of hydrogen-bond acceptors (Lipinski definition) is 4. The molecule has 2 rings (SSSR count). The molecule has 25 heavy (non-hydrogen) atoms. The van der Waals surface area contributed by atoms with Crippen molar-refractivity contribution in [1.82, 2.24) is 20.8 Å². The van der Waals surface area contributed by atoms with Gasteiger partial charge in [0.25, 0.3) is 0 Å². The van der Waals surface area contributed by atoms with Crippen LogP contribution in [0.15, 0.2) is 27.7 Å². The zero-order valence-electron chi connectivity index (χ0n) is 15.0. The lowest BCUT2D eigenvalue weighted by molar-refractivity contribution is 0.376. The highest BCUT2D eigenvalue weighted by Crippen LogP contribution is 2.16. The Morgan fingerprint density at radius 3 is 2.72 bits per heavy atom. The molecule has 0 amide bonds. The topological polar surface area (TPSA) is 75.3 Å². The third-order valence-electron chi connectivity index (χ3n) is 3.56. The van der Waals surface area contributed by atoms with Crippen LogP contribution in [0.2, 0.25) is 0 Å². The second-order valence-corrected chi connectivity index (χ2v) is 5.62. The van der Waals surface area contributed by atoms with Crippen LogP contribution in [0.3, 0.4) is 0 Å². The second kappa shape index (κ2) is 10.3. The van der Waals surface area contributed by atoms with E-state index in [1.165, 1.54) is 0 Å². The lowest BCUT2D eigenvalue weighted by Gasteiger charge is -2.18. The van der Waals surface area contributed by atoms with Crippen LogP contribution in [0.4, 0.5) is 4.39 Å². The first-order valence-electron chi connectivity index (χ1n) is 8.09. The molecule has 8 heteroatoms. The Balaban J connectivity index is 0.00000312. The van der Waals surface area contributed by atoms with Crippen LogP contribution in [0.1, 0.15) is 42.7 Å². The van der Waals surface area contributed by atoms with E-state index in [9.17, 15) is 4.39 Å². The average molecular weight is 461 g/mol. The standard InChI is InChI=1S/C17H24FN5O.HI/c1-5-19-17(20-9-8-16-22-13(4)23-24-16)21-12(3)14-7-6-11(2)15(18)10-14;/h6-7,10,12H,5,8-9H2,1-4H3,(H2,19,20,21);1H. The predicted octanol–water partition coefficient (Wildman–Crippen LogP) is 3.30. The molecule has 0 saturated carbocycles. The summed E-state index contributed by atoms with van der Waals surface area (Å²) in [7, 11) is 0. The van der Waals surface area contributed by atoms with Crippen molar-refractivity contribution in [2.45, 2.75) is 40.2 Å². The molecule has 0 bridgehead atoms. The maximum atomic E-state index is 13.7. The highest BCUT2D eigenvalue weighted by Gasteiger charge is 2.10. The largest absolute Gasteiger partial charge is 0.357 e. The number of benzene rings is 1. The van der Waals surface area contributed by atoms with Crippen molar-refractivity contribution in [2.75, 3.05) is 13.1 Å². The Bertz CT molecular complexity index is 704. The Kier molecular flexibility index (Phi) is 8.81. The number of aliphatic imine (C=N–C) groups is 1. The van der Waals surface area contributed by atoms with Gasteiger partial charge in [0.1, 0.15) is 5.82 Å². The third kappa shape index (κ3) is 6.60. The summed E-state index contributed by atoms with van der Waals surface area (Å²) in [6.45, 7) is 8.76. The lowest BCUT2D eigenvalue weighted by atomic mass is 10.1. The van der Waals surface area contributed by atoms with Crippen molar-refractivity contribution in [1.29, 1.82) is 0 Å². The van der Waals surface area contributed by atoms with Crippen molar-refractivity contribution in [3.63, 3.8) is 0 Å². The first kappa shape index (κ1) is 21.3. The van der Waals surface area contributed by atoms with Gasteiger partial charge in [-0.05, 0) is 44.9 Å². The normalized spacial score (nSPS) is 12.4. The molecule has 2 aromatic rings. The van der Waals surface area contributed by atoms with Gasteiger partial charge in [-0.2, -0.15) is 4.98 Å². The molecule has 0 fully saturated rings. The first-order valence-corrected chi connectivity index (χ1v) is 8.09. The maximum absolute atomic E-state index is 13.7. The fraction of sp³-hybridized carbons (Fsp3) is 0.471. The van der Waals surface area contributed by atoms with Crippen molar-refractivity contribution in [3.8, 4) is 0 Å². The van der Waals surface area contributed by atoms with Crippen molar-refractivity contribution in [3.05, 3.63) is 46.9 Å². The van der Waals surface area contributed by atoms with Crippen LogP contribution in [0.25, 0.3) is 0 Å². The quantitative estimate of drug-likeness (QED) is 0.393. The molecule has 0 spiro atoms. The van der Waals surface area contributed by atoms with E-state index in [1.54, 1.807) is 26.0 Å². The fourth-order valence-corrected chi connectivity index (χ4v) is 2.19. The minimum absolute atomic E-state index is 0. The molecule has 1 aromatic carbocycles. The summed E-state index contributed by atoms with van der Waals surface area (Å²) in [5.41, 5.74) is 1.51. The van der Waals surface area contributed by atoms with E-state index < -0.39 is 0 Å². The van der Waals surface area contributed by atoms with Gasteiger partial charge in [0.2, 0.25) is 5.89 Å². The molecule has 2 N–H and O–H groups in total. The Labute approximate surface area is 164 Å². The number of guanidine groups is 1.